The van der Waals surface area contributed by atoms with Crippen LogP contribution in [-0.4, -0.2) is 51.1 Å². The van der Waals surface area contributed by atoms with Gasteiger partial charge in [-0.1, -0.05) is 6.07 Å². The van der Waals surface area contributed by atoms with Crippen molar-refractivity contribution in [3.8, 4) is 0 Å². The molecule has 1 unspecified atom stereocenters. The fourth-order valence-corrected chi connectivity index (χ4v) is 3.75. The van der Waals surface area contributed by atoms with E-state index >= 15 is 0 Å². The number of halogens is 3. The minimum atomic E-state index is -4.55. The summed E-state index contributed by atoms with van der Waals surface area (Å²) in [6.07, 6.45) is -1.67. The Morgan fingerprint density at radius 3 is 2.48 bits per heavy atom. The SMILES string of the molecule is O=C1CCC(N2C(=O)c3ccc(CCCNc4cnc(C(F)(F)F)cn4)cc3C2=O)C(=O)N1. The number of fused-ring (bicyclic) bond motifs is 1. The summed E-state index contributed by atoms with van der Waals surface area (Å²) in [7, 11) is 0. The highest BCUT2D eigenvalue weighted by molar-refractivity contribution is 6.23. The molecule has 1 aromatic heterocycles. The van der Waals surface area contributed by atoms with Gasteiger partial charge in [0.1, 0.15) is 11.9 Å². The predicted molar refractivity (Wildman–Crippen MR) is 107 cm³/mol. The van der Waals surface area contributed by atoms with Crippen molar-refractivity contribution < 1.29 is 32.3 Å². The van der Waals surface area contributed by atoms with E-state index in [-0.39, 0.29) is 29.8 Å². The summed E-state index contributed by atoms with van der Waals surface area (Å²) in [6, 6.07) is 3.81. The maximum atomic E-state index is 12.8. The first-order valence-electron chi connectivity index (χ1n) is 10.1. The molecule has 33 heavy (non-hydrogen) atoms. The molecule has 2 aliphatic rings. The van der Waals surface area contributed by atoms with Crippen LogP contribution in [0.2, 0.25) is 0 Å². The summed E-state index contributed by atoms with van der Waals surface area (Å²) in [6.45, 7) is 0.395. The minimum Gasteiger partial charge on any atom is -0.369 e. The summed E-state index contributed by atoms with van der Waals surface area (Å²) in [4.78, 5) is 56.9. The number of alkyl halides is 3. The Morgan fingerprint density at radius 1 is 1.06 bits per heavy atom. The third kappa shape index (κ3) is 4.54. The number of amides is 4. The first-order chi connectivity index (χ1) is 15.6. The number of anilines is 1. The number of benzene rings is 1. The largest absolute Gasteiger partial charge is 0.434 e. The Kier molecular flexibility index (Phi) is 5.83. The van der Waals surface area contributed by atoms with Crippen LogP contribution in [0.1, 0.15) is 51.2 Å². The van der Waals surface area contributed by atoms with E-state index in [4.69, 9.17) is 0 Å². The zero-order chi connectivity index (χ0) is 23.8. The van der Waals surface area contributed by atoms with E-state index < -0.39 is 41.5 Å². The van der Waals surface area contributed by atoms with E-state index in [9.17, 15) is 32.3 Å². The van der Waals surface area contributed by atoms with Crippen LogP contribution in [0.5, 0.6) is 0 Å². The zero-order valence-electron chi connectivity index (χ0n) is 17.1. The minimum absolute atomic E-state index is 0.0470. The molecule has 1 atom stereocenters. The summed E-state index contributed by atoms with van der Waals surface area (Å²) in [5.74, 6) is -2.05. The van der Waals surface area contributed by atoms with Crippen molar-refractivity contribution in [2.75, 3.05) is 11.9 Å². The van der Waals surface area contributed by atoms with Crippen LogP contribution < -0.4 is 10.6 Å². The van der Waals surface area contributed by atoms with Gasteiger partial charge in [-0.25, -0.2) is 9.97 Å². The fraction of sp³-hybridized carbons (Fsp3) is 0.333. The molecule has 2 aromatic rings. The lowest BCUT2D eigenvalue weighted by molar-refractivity contribution is -0.141. The quantitative estimate of drug-likeness (QED) is 0.498. The van der Waals surface area contributed by atoms with E-state index in [2.05, 4.69) is 20.6 Å². The highest BCUT2D eigenvalue weighted by Crippen LogP contribution is 2.29. The number of nitrogens with one attached hydrogen (secondary N) is 2. The fourth-order valence-electron chi connectivity index (χ4n) is 3.75. The molecule has 2 N–H and O–H groups in total. The molecule has 12 heteroatoms. The van der Waals surface area contributed by atoms with Crippen LogP contribution in [0.25, 0.3) is 0 Å². The standard InChI is InChI=1S/C21H18F3N5O4/c22-21(23,24)15-9-27-16(10-26-15)25-7-1-2-11-3-4-12-13(8-11)20(33)29(19(12)32)14-5-6-17(30)28-18(14)31/h3-4,8-10,14H,1-2,5-7H2,(H,25,27)(H,28,30,31). The lowest BCUT2D eigenvalue weighted by Gasteiger charge is -2.27. The number of hydrogen-bond donors (Lipinski definition) is 2. The van der Waals surface area contributed by atoms with Crippen LogP contribution in [0, 0.1) is 0 Å². The molecule has 0 saturated carbocycles. The Morgan fingerprint density at radius 2 is 1.82 bits per heavy atom. The molecular formula is C21H18F3N5O4. The number of carbonyl (C=O) groups is 4. The van der Waals surface area contributed by atoms with Crippen molar-refractivity contribution in [2.45, 2.75) is 37.9 Å². The number of imide groups is 2. The van der Waals surface area contributed by atoms with Gasteiger partial charge in [0.15, 0.2) is 5.69 Å². The van der Waals surface area contributed by atoms with Gasteiger partial charge in [0.25, 0.3) is 11.8 Å². The summed E-state index contributed by atoms with van der Waals surface area (Å²) < 4.78 is 37.6. The maximum absolute atomic E-state index is 12.8. The van der Waals surface area contributed by atoms with E-state index in [1.165, 1.54) is 6.07 Å². The van der Waals surface area contributed by atoms with Gasteiger partial charge in [-0.05, 0) is 37.0 Å². The molecule has 0 spiro atoms. The van der Waals surface area contributed by atoms with Crippen molar-refractivity contribution in [1.29, 1.82) is 0 Å². The topological polar surface area (TPSA) is 121 Å². The summed E-state index contributed by atoms with van der Waals surface area (Å²) >= 11 is 0. The predicted octanol–water partition coefficient (Wildman–Crippen LogP) is 1.94. The first-order valence-corrected chi connectivity index (χ1v) is 10.1. The van der Waals surface area contributed by atoms with E-state index in [0.717, 1.165) is 16.7 Å². The van der Waals surface area contributed by atoms with Crippen molar-refractivity contribution >= 4 is 29.4 Å². The molecule has 2 aliphatic heterocycles. The van der Waals surface area contributed by atoms with Gasteiger partial charge in [0.05, 0.1) is 23.5 Å². The number of nitrogens with zero attached hydrogens (tertiary/aromatic N) is 3. The van der Waals surface area contributed by atoms with Crippen molar-refractivity contribution in [2.24, 2.45) is 0 Å². The van der Waals surface area contributed by atoms with Crippen molar-refractivity contribution in [1.82, 2.24) is 20.2 Å². The third-order valence-electron chi connectivity index (χ3n) is 5.39. The lowest BCUT2D eigenvalue weighted by atomic mass is 10.0. The number of aryl methyl sites for hydroxylation is 1. The summed E-state index contributed by atoms with van der Waals surface area (Å²) in [5.41, 5.74) is 0.104. The smallest absolute Gasteiger partial charge is 0.369 e. The average molecular weight is 461 g/mol. The van der Waals surface area contributed by atoms with E-state index in [0.29, 0.717) is 25.6 Å². The average Bonchev–Trinajstić information content (AvgIpc) is 3.01. The molecule has 1 fully saturated rings. The molecular weight excluding hydrogens is 443 g/mol. The highest BCUT2D eigenvalue weighted by atomic mass is 19.4. The number of piperidine rings is 1. The van der Waals surface area contributed by atoms with Crippen molar-refractivity contribution in [3.63, 3.8) is 0 Å². The Labute approximate surface area is 185 Å². The molecule has 3 heterocycles. The molecule has 4 amide bonds. The molecule has 4 rings (SSSR count). The van der Waals surface area contributed by atoms with Crippen LogP contribution >= 0.6 is 0 Å². The van der Waals surface area contributed by atoms with Gasteiger partial charge < -0.3 is 5.32 Å². The Balaban J connectivity index is 1.35. The van der Waals surface area contributed by atoms with Crippen LogP contribution in [-0.2, 0) is 22.2 Å². The molecule has 0 aliphatic carbocycles. The Hall–Kier alpha value is -3.83. The van der Waals surface area contributed by atoms with E-state index in [1.54, 1.807) is 12.1 Å². The zero-order valence-corrected chi connectivity index (χ0v) is 17.1. The van der Waals surface area contributed by atoms with Crippen LogP contribution in [0.3, 0.4) is 0 Å². The summed E-state index contributed by atoms with van der Waals surface area (Å²) in [5, 5.41) is 5.03. The van der Waals surface area contributed by atoms with Gasteiger partial charge in [-0.2, -0.15) is 13.2 Å². The van der Waals surface area contributed by atoms with Crippen LogP contribution in [0.15, 0.2) is 30.6 Å². The number of rotatable bonds is 6. The second kappa shape index (κ2) is 8.60. The molecule has 172 valence electrons. The monoisotopic (exact) mass is 461 g/mol. The molecule has 0 bridgehead atoms. The molecule has 1 saturated heterocycles. The molecule has 9 nitrogen and oxygen atoms in total. The van der Waals surface area contributed by atoms with Gasteiger partial charge in [0, 0.05) is 13.0 Å². The number of aromatic nitrogens is 2. The Bertz CT molecular complexity index is 1130. The van der Waals surface area contributed by atoms with E-state index in [1.807, 2.05) is 0 Å². The van der Waals surface area contributed by atoms with Gasteiger partial charge in [-0.15, -0.1) is 0 Å². The maximum Gasteiger partial charge on any atom is 0.434 e. The van der Waals surface area contributed by atoms with Crippen LogP contribution in [0.4, 0.5) is 19.0 Å². The molecule has 0 radical (unpaired) electrons. The lowest BCUT2D eigenvalue weighted by Crippen LogP contribution is -2.54. The number of hydrogen-bond acceptors (Lipinski definition) is 7. The second-order valence-electron chi connectivity index (χ2n) is 7.64. The van der Waals surface area contributed by atoms with Gasteiger partial charge in [-0.3, -0.25) is 29.4 Å². The third-order valence-corrected chi connectivity index (χ3v) is 5.39. The highest BCUT2D eigenvalue weighted by Gasteiger charge is 2.44. The van der Waals surface area contributed by atoms with Gasteiger partial charge in [0.2, 0.25) is 11.8 Å². The van der Waals surface area contributed by atoms with Gasteiger partial charge >= 0.3 is 6.18 Å². The number of carbonyl (C=O) groups excluding carboxylic acids is 4. The molecule has 1 aromatic carbocycles. The normalized spacial score (nSPS) is 18.4. The second-order valence-corrected chi connectivity index (χ2v) is 7.64. The first kappa shape index (κ1) is 22.4. The van der Waals surface area contributed by atoms with Crippen molar-refractivity contribution in [3.05, 3.63) is 53.0 Å².